The molecule has 0 aromatic rings. The highest BCUT2D eigenvalue weighted by Crippen LogP contribution is 2.06. The van der Waals surface area contributed by atoms with E-state index in [1.165, 1.54) is 0 Å². The highest BCUT2D eigenvalue weighted by atomic mass is 16.6. The van der Waals surface area contributed by atoms with E-state index < -0.39 is 11.7 Å². The van der Waals surface area contributed by atoms with Crippen molar-refractivity contribution in [2.24, 2.45) is 0 Å². The number of carbonyl (C=O) groups is 2. The summed E-state index contributed by atoms with van der Waals surface area (Å²) in [6, 6.07) is 0. The smallest absolute Gasteiger partial charge is 0.407 e. The number of hydrazine groups is 1. The minimum absolute atomic E-state index is 0.397. The first-order valence-electron chi connectivity index (χ1n) is 5.34. The summed E-state index contributed by atoms with van der Waals surface area (Å²) in [5.74, 6) is 0. The zero-order valence-electron chi connectivity index (χ0n) is 10.1. The van der Waals surface area contributed by atoms with Crippen LogP contribution >= 0.6 is 0 Å². The number of hydrogen-bond acceptors (Lipinski definition) is 4. The van der Waals surface area contributed by atoms with E-state index in [1.807, 2.05) is 20.8 Å². The molecule has 0 heterocycles. The molecule has 6 nitrogen and oxygen atoms in total. The maximum absolute atomic E-state index is 11.2. The maximum atomic E-state index is 11.2. The highest BCUT2D eigenvalue weighted by molar-refractivity contribution is 5.67. The van der Waals surface area contributed by atoms with Crippen molar-refractivity contribution in [2.45, 2.75) is 39.2 Å². The molecule has 0 rings (SSSR count). The van der Waals surface area contributed by atoms with Gasteiger partial charge in [0.25, 0.3) is 0 Å². The van der Waals surface area contributed by atoms with Gasteiger partial charge in [-0.05, 0) is 33.6 Å². The Bertz CT molecular complexity index is 214. The number of hydrogen-bond donors (Lipinski definition) is 3. The van der Waals surface area contributed by atoms with Crippen LogP contribution < -0.4 is 16.2 Å². The summed E-state index contributed by atoms with van der Waals surface area (Å²) in [4.78, 5) is 21.1. The fraction of sp³-hybridized carbons (Fsp3) is 0.800. The normalized spacial score (nSPS) is 10.7. The van der Waals surface area contributed by atoms with E-state index in [-0.39, 0.29) is 0 Å². The van der Waals surface area contributed by atoms with Gasteiger partial charge in [0.05, 0.1) is 0 Å². The molecule has 0 aromatic carbocycles. The predicted molar refractivity (Wildman–Crippen MR) is 60.7 cm³/mol. The molecule has 0 saturated heterocycles. The van der Waals surface area contributed by atoms with Gasteiger partial charge >= 0.3 is 6.09 Å². The van der Waals surface area contributed by atoms with E-state index in [2.05, 4.69) is 16.2 Å². The maximum Gasteiger partial charge on any atom is 0.407 e. The molecular formula is C10H21N3O3. The fourth-order valence-corrected chi connectivity index (χ4v) is 0.957. The minimum Gasteiger partial charge on any atom is -0.444 e. The van der Waals surface area contributed by atoms with E-state index in [0.29, 0.717) is 19.5 Å². The first-order chi connectivity index (χ1) is 7.45. The highest BCUT2D eigenvalue weighted by Gasteiger charge is 2.15. The summed E-state index contributed by atoms with van der Waals surface area (Å²) in [5, 5.41) is 2.65. The molecule has 0 aliphatic heterocycles. The van der Waals surface area contributed by atoms with Gasteiger partial charge in [0, 0.05) is 13.1 Å². The van der Waals surface area contributed by atoms with Gasteiger partial charge in [-0.1, -0.05) is 0 Å². The third-order valence-corrected chi connectivity index (χ3v) is 1.56. The zero-order valence-corrected chi connectivity index (χ0v) is 10.1. The van der Waals surface area contributed by atoms with Crippen LogP contribution in [0.15, 0.2) is 0 Å². The van der Waals surface area contributed by atoms with Gasteiger partial charge in [0.15, 0.2) is 0 Å². The van der Waals surface area contributed by atoms with Crippen molar-refractivity contribution in [3.63, 3.8) is 0 Å². The molecular weight excluding hydrogens is 210 g/mol. The number of amides is 2. The first-order valence-corrected chi connectivity index (χ1v) is 5.34. The van der Waals surface area contributed by atoms with Gasteiger partial charge in [0.2, 0.25) is 6.41 Å². The summed E-state index contributed by atoms with van der Waals surface area (Å²) in [6.07, 6.45) is 1.87. The monoisotopic (exact) mass is 231 g/mol. The van der Waals surface area contributed by atoms with Crippen LogP contribution in [0.25, 0.3) is 0 Å². The fourth-order valence-electron chi connectivity index (χ4n) is 0.957. The molecule has 0 aliphatic carbocycles. The summed E-state index contributed by atoms with van der Waals surface area (Å²) in [6.45, 7) is 6.71. The van der Waals surface area contributed by atoms with Crippen LogP contribution in [0.3, 0.4) is 0 Å². The van der Waals surface area contributed by atoms with Crippen LogP contribution in [0.2, 0.25) is 0 Å². The molecule has 0 atom stereocenters. The average Bonchev–Trinajstić information content (AvgIpc) is 2.13. The van der Waals surface area contributed by atoms with Crippen molar-refractivity contribution < 1.29 is 14.3 Å². The lowest BCUT2D eigenvalue weighted by Crippen LogP contribution is -2.34. The molecule has 6 heteroatoms. The topological polar surface area (TPSA) is 79.5 Å². The van der Waals surface area contributed by atoms with E-state index in [4.69, 9.17) is 4.74 Å². The molecule has 16 heavy (non-hydrogen) atoms. The largest absolute Gasteiger partial charge is 0.444 e. The van der Waals surface area contributed by atoms with Crippen LogP contribution in [0, 0.1) is 0 Å². The van der Waals surface area contributed by atoms with Gasteiger partial charge in [-0.2, -0.15) is 0 Å². The number of rotatable bonds is 7. The molecule has 0 fully saturated rings. The Morgan fingerprint density at radius 1 is 1.25 bits per heavy atom. The number of ether oxygens (including phenoxy) is 1. The molecule has 3 N–H and O–H groups in total. The van der Waals surface area contributed by atoms with Crippen LogP contribution in [0.5, 0.6) is 0 Å². The lowest BCUT2D eigenvalue weighted by Gasteiger charge is -2.19. The third-order valence-electron chi connectivity index (χ3n) is 1.56. The van der Waals surface area contributed by atoms with Crippen molar-refractivity contribution in [2.75, 3.05) is 13.1 Å². The van der Waals surface area contributed by atoms with Crippen molar-refractivity contribution in [3.05, 3.63) is 0 Å². The van der Waals surface area contributed by atoms with E-state index >= 15 is 0 Å². The molecule has 2 amide bonds. The Balaban J connectivity index is 3.31. The first kappa shape index (κ1) is 14.7. The standard InChI is InChI=1S/C10H21N3O3/c1-10(2,3)16-9(15)11-6-4-5-7-12-13-8-14/h8,12H,4-7H2,1-3H3,(H,11,15)(H,13,14). The minimum atomic E-state index is -0.459. The summed E-state index contributed by atoms with van der Waals surface area (Å²) >= 11 is 0. The van der Waals surface area contributed by atoms with Crippen molar-refractivity contribution in [3.8, 4) is 0 Å². The van der Waals surface area contributed by atoms with Gasteiger partial charge in [-0.15, -0.1) is 0 Å². The van der Waals surface area contributed by atoms with E-state index in [0.717, 1.165) is 12.8 Å². The summed E-state index contributed by atoms with van der Waals surface area (Å²) < 4.78 is 5.06. The second kappa shape index (κ2) is 7.92. The van der Waals surface area contributed by atoms with Gasteiger partial charge in [-0.25, -0.2) is 10.2 Å². The Kier molecular flexibility index (Phi) is 7.28. The molecule has 0 radical (unpaired) electrons. The van der Waals surface area contributed by atoms with Crippen LogP contribution in [-0.4, -0.2) is 31.2 Å². The zero-order chi connectivity index (χ0) is 12.4. The molecule has 94 valence electrons. The Morgan fingerprint density at radius 3 is 2.44 bits per heavy atom. The van der Waals surface area contributed by atoms with Crippen LogP contribution in [-0.2, 0) is 9.53 Å². The lowest BCUT2D eigenvalue weighted by atomic mass is 10.2. The van der Waals surface area contributed by atoms with Crippen LogP contribution in [0.4, 0.5) is 4.79 Å². The second-order valence-electron chi connectivity index (χ2n) is 4.32. The molecule has 0 saturated carbocycles. The number of unbranched alkanes of at least 4 members (excludes halogenated alkanes) is 1. The van der Waals surface area contributed by atoms with Crippen LogP contribution in [0.1, 0.15) is 33.6 Å². The van der Waals surface area contributed by atoms with Crippen molar-refractivity contribution in [1.82, 2.24) is 16.2 Å². The predicted octanol–water partition coefficient (Wildman–Crippen LogP) is 0.542. The summed E-state index contributed by atoms with van der Waals surface area (Å²) in [5.41, 5.74) is 4.58. The van der Waals surface area contributed by atoms with Gasteiger partial charge < -0.3 is 10.1 Å². The molecule has 0 aliphatic rings. The Labute approximate surface area is 96.1 Å². The third kappa shape index (κ3) is 10.8. The van der Waals surface area contributed by atoms with E-state index in [9.17, 15) is 9.59 Å². The van der Waals surface area contributed by atoms with Crippen molar-refractivity contribution in [1.29, 1.82) is 0 Å². The van der Waals surface area contributed by atoms with Crippen molar-refractivity contribution >= 4 is 12.5 Å². The van der Waals surface area contributed by atoms with Gasteiger partial charge in [0.1, 0.15) is 5.60 Å². The quantitative estimate of drug-likeness (QED) is 0.339. The number of nitrogens with one attached hydrogen (secondary N) is 3. The average molecular weight is 231 g/mol. The SMILES string of the molecule is CC(C)(C)OC(=O)NCCCCNNC=O. The Morgan fingerprint density at radius 2 is 1.88 bits per heavy atom. The molecule has 0 aromatic heterocycles. The van der Waals surface area contributed by atoms with Gasteiger partial charge in [-0.3, -0.25) is 10.2 Å². The van der Waals surface area contributed by atoms with E-state index in [1.54, 1.807) is 0 Å². The number of carbonyl (C=O) groups excluding carboxylic acids is 2. The molecule has 0 unspecified atom stereocenters. The summed E-state index contributed by atoms with van der Waals surface area (Å²) in [7, 11) is 0. The molecule has 0 bridgehead atoms. The lowest BCUT2D eigenvalue weighted by molar-refractivity contribution is -0.110. The molecule has 0 spiro atoms. The number of alkyl carbamates (subject to hydrolysis) is 1. The Hall–Kier alpha value is -1.30. The second-order valence-corrected chi connectivity index (χ2v) is 4.32.